The number of hydrogen-bond donors (Lipinski definition) is 1. The standard InChI is InChI=1S/C29H25F3N2O/c1-2-21-12-8-13-23(18-21)27(35)34-28(26-16-6-7-17-33-26,20-22-10-4-3-5-11-22)24-14-9-15-25(19-24)29(30,31)32/h3-19H,2,20H2,1H3,(H,34,35). The molecule has 0 spiro atoms. The highest BCUT2D eigenvalue weighted by Crippen LogP contribution is 2.37. The van der Waals surface area contributed by atoms with E-state index in [2.05, 4.69) is 10.3 Å². The molecule has 1 N–H and O–H groups in total. The Morgan fingerprint density at radius 1 is 0.800 bits per heavy atom. The molecule has 1 unspecified atom stereocenters. The first-order chi connectivity index (χ1) is 16.8. The number of aryl methyl sites for hydroxylation is 1. The molecule has 4 rings (SSSR count). The summed E-state index contributed by atoms with van der Waals surface area (Å²) in [5.74, 6) is -0.390. The molecule has 0 saturated carbocycles. The lowest BCUT2D eigenvalue weighted by atomic mass is 9.79. The van der Waals surface area contributed by atoms with E-state index in [9.17, 15) is 18.0 Å². The highest BCUT2D eigenvalue weighted by molar-refractivity contribution is 5.95. The number of benzene rings is 3. The molecule has 0 aliphatic rings. The Morgan fingerprint density at radius 2 is 1.49 bits per heavy atom. The van der Waals surface area contributed by atoms with Gasteiger partial charge in [-0.15, -0.1) is 0 Å². The number of carbonyl (C=O) groups excluding carboxylic acids is 1. The first kappa shape index (κ1) is 24.2. The zero-order valence-electron chi connectivity index (χ0n) is 19.2. The molecule has 1 atom stereocenters. The average Bonchev–Trinajstić information content (AvgIpc) is 2.89. The quantitative estimate of drug-likeness (QED) is 0.329. The van der Waals surface area contributed by atoms with E-state index < -0.39 is 17.3 Å². The van der Waals surface area contributed by atoms with Crippen molar-refractivity contribution in [1.29, 1.82) is 0 Å². The molecule has 0 saturated heterocycles. The van der Waals surface area contributed by atoms with Crippen molar-refractivity contribution in [3.63, 3.8) is 0 Å². The fraction of sp³-hybridized carbons (Fsp3) is 0.172. The van der Waals surface area contributed by atoms with Crippen molar-refractivity contribution in [1.82, 2.24) is 10.3 Å². The Morgan fingerprint density at radius 3 is 2.17 bits per heavy atom. The second-order valence-electron chi connectivity index (χ2n) is 8.37. The number of nitrogens with one attached hydrogen (secondary N) is 1. The van der Waals surface area contributed by atoms with Crippen LogP contribution in [-0.2, 0) is 24.6 Å². The molecular formula is C29H25F3N2O. The van der Waals surface area contributed by atoms with Crippen molar-refractivity contribution in [3.05, 3.63) is 137 Å². The number of alkyl halides is 3. The molecular weight excluding hydrogens is 449 g/mol. The van der Waals surface area contributed by atoms with Crippen molar-refractivity contribution in [2.24, 2.45) is 0 Å². The van der Waals surface area contributed by atoms with Gasteiger partial charge < -0.3 is 5.32 Å². The minimum absolute atomic E-state index is 0.214. The van der Waals surface area contributed by atoms with Gasteiger partial charge in [0.2, 0.25) is 0 Å². The number of amides is 1. The topological polar surface area (TPSA) is 42.0 Å². The number of hydrogen-bond acceptors (Lipinski definition) is 2. The van der Waals surface area contributed by atoms with Crippen molar-refractivity contribution in [2.75, 3.05) is 0 Å². The summed E-state index contributed by atoms with van der Waals surface area (Å²) in [5.41, 5.74) is 0.887. The Bertz CT molecular complexity index is 1290. The van der Waals surface area contributed by atoms with Gasteiger partial charge in [-0.05, 0) is 59.5 Å². The summed E-state index contributed by atoms with van der Waals surface area (Å²) in [6.45, 7) is 1.99. The van der Waals surface area contributed by atoms with Crippen LogP contribution in [0, 0.1) is 0 Å². The van der Waals surface area contributed by atoms with E-state index >= 15 is 0 Å². The maximum atomic E-state index is 13.7. The van der Waals surface area contributed by atoms with E-state index in [1.807, 2.05) is 43.3 Å². The first-order valence-corrected chi connectivity index (χ1v) is 11.4. The number of nitrogens with zero attached hydrogens (tertiary/aromatic N) is 1. The third kappa shape index (κ3) is 5.43. The molecule has 0 fully saturated rings. The predicted molar refractivity (Wildman–Crippen MR) is 130 cm³/mol. The molecule has 6 heteroatoms. The van der Waals surface area contributed by atoms with Crippen LogP contribution in [0.4, 0.5) is 13.2 Å². The van der Waals surface area contributed by atoms with Crippen molar-refractivity contribution in [2.45, 2.75) is 31.5 Å². The molecule has 178 valence electrons. The van der Waals surface area contributed by atoms with Crippen molar-refractivity contribution in [3.8, 4) is 0 Å². The van der Waals surface area contributed by atoms with Gasteiger partial charge in [-0.1, -0.05) is 67.6 Å². The summed E-state index contributed by atoms with van der Waals surface area (Å²) >= 11 is 0. The van der Waals surface area contributed by atoms with Crippen LogP contribution in [0.25, 0.3) is 0 Å². The summed E-state index contributed by atoms with van der Waals surface area (Å²) in [6, 6.07) is 26.9. The number of halogens is 3. The van der Waals surface area contributed by atoms with Gasteiger partial charge in [-0.3, -0.25) is 9.78 Å². The predicted octanol–water partition coefficient (Wildman–Crippen LogP) is 6.58. The van der Waals surface area contributed by atoms with Crippen LogP contribution >= 0.6 is 0 Å². The smallest absolute Gasteiger partial charge is 0.337 e. The molecule has 0 aliphatic carbocycles. The first-order valence-electron chi connectivity index (χ1n) is 11.4. The summed E-state index contributed by atoms with van der Waals surface area (Å²) in [4.78, 5) is 18.1. The van der Waals surface area contributed by atoms with Crippen LogP contribution < -0.4 is 5.32 Å². The Labute approximate surface area is 202 Å². The number of rotatable bonds is 7. The highest BCUT2D eigenvalue weighted by Gasteiger charge is 2.40. The monoisotopic (exact) mass is 474 g/mol. The van der Waals surface area contributed by atoms with Crippen molar-refractivity contribution < 1.29 is 18.0 Å². The SMILES string of the molecule is CCc1cccc(C(=O)NC(Cc2ccccc2)(c2cccc(C(F)(F)F)c2)c2ccccn2)c1. The molecule has 0 radical (unpaired) electrons. The van der Waals surface area contributed by atoms with Crippen LogP contribution in [0.2, 0.25) is 0 Å². The van der Waals surface area contributed by atoms with Gasteiger partial charge in [0.25, 0.3) is 5.91 Å². The van der Waals surface area contributed by atoms with Gasteiger partial charge >= 0.3 is 6.18 Å². The summed E-state index contributed by atoms with van der Waals surface area (Å²) in [7, 11) is 0. The lowest BCUT2D eigenvalue weighted by molar-refractivity contribution is -0.137. The van der Waals surface area contributed by atoms with Gasteiger partial charge in [0.1, 0.15) is 5.54 Å². The van der Waals surface area contributed by atoms with Gasteiger partial charge in [0.05, 0.1) is 11.3 Å². The van der Waals surface area contributed by atoms with E-state index in [-0.39, 0.29) is 12.3 Å². The summed E-state index contributed by atoms with van der Waals surface area (Å²) in [5, 5.41) is 3.09. The Kier molecular flexibility index (Phi) is 7.01. The Hall–Kier alpha value is -3.93. The molecule has 1 aromatic heterocycles. The summed E-state index contributed by atoms with van der Waals surface area (Å²) in [6.07, 6.45) is -1.99. The molecule has 4 aromatic rings. The average molecular weight is 475 g/mol. The van der Waals surface area contributed by atoms with Crippen LogP contribution in [0.1, 0.15) is 45.2 Å². The second kappa shape index (κ2) is 10.1. The third-order valence-corrected chi connectivity index (χ3v) is 6.02. The lowest BCUT2D eigenvalue weighted by Crippen LogP contribution is -2.49. The zero-order chi connectivity index (χ0) is 24.9. The highest BCUT2D eigenvalue weighted by atomic mass is 19.4. The number of carbonyl (C=O) groups is 1. The van der Waals surface area contributed by atoms with Gasteiger partial charge in [0, 0.05) is 18.2 Å². The molecule has 35 heavy (non-hydrogen) atoms. The van der Waals surface area contributed by atoms with E-state index in [0.717, 1.165) is 29.7 Å². The second-order valence-corrected chi connectivity index (χ2v) is 8.37. The number of pyridine rings is 1. The molecule has 3 aromatic carbocycles. The van der Waals surface area contributed by atoms with E-state index in [1.165, 1.54) is 6.07 Å². The van der Waals surface area contributed by atoms with Gasteiger partial charge in [-0.25, -0.2) is 0 Å². The van der Waals surface area contributed by atoms with Crippen LogP contribution in [0.3, 0.4) is 0 Å². The van der Waals surface area contributed by atoms with Crippen LogP contribution in [0.15, 0.2) is 103 Å². The third-order valence-electron chi connectivity index (χ3n) is 6.02. The minimum Gasteiger partial charge on any atom is -0.337 e. The van der Waals surface area contributed by atoms with Crippen molar-refractivity contribution >= 4 is 5.91 Å². The van der Waals surface area contributed by atoms with Crippen LogP contribution in [-0.4, -0.2) is 10.9 Å². The van der Waals surface area contributed by atoms with Gasteiger partial charge in [-0.2, -0.15) is 13.2 Å². The molecule has 0 aliphatic heterocycles. The van der Waals surface area contributed by atoms with E-state index in [4.69, 9.17) is 0 Å². The molecule has 1 heterocycles. The van der Waals surface area contributed by atoms with Gasteiger partial charge in [0.15, 0.2) is 0 Å². The largest absolute Gasteiger partial charge is 0.416 e. The number of aromatic nitrogens is 1. The maximum Gasteiger partial charge on any atom is 0.416 e. The van der Waals surface area contributed by atoms with E-state index in [0.29, 0.717) is 16.8 Å². The van der Waals surface area contributed by atoms with E-state index in [1.54, 1.807) is 48.7 Å². The zero-order valence-corrected chi connectivity index (χ0v) is 19.2. The fourth-order valence-electron chi connectivity index (χ4n) is 4.20. The normalized spacial score (nSPS) is 13.1. The minimum atomic E-state index is -4.53. The summed E-state index contributed by atoms with van der Waals surface area (Å²) < 4.78 is 41.1. The molecule has 0 bridgehead atoms. The fourth-order valence-corrected chi connectivity index (χ4v) is 4.20. The lowest BCUT2D eigenvalue weighted by Gasteiger charge is -2.36. The van der Waals surface area contributed by atoms with Crippen LogP contribution in [0.5, 0.6) is 0 Å². The molecule has 3 nitrogen and oxygen atoms in total. The Balaban J connectivity index is 1.92. The molecule has 1 amide bonds. The maximum absolute atomic E-state index is 13.7.